The summed E-state index contributed by atoms with van der Waals surface area (Å²) in [5, 5.41) is 6.03. The number of hydrogen-bond donors (Lipinski definition) is 2. The minimum Gasteiger partial charge on any atom is -0.444 e. The lowest BCUT2D eigenvalue weighted by Crippen LogP contribution is -2.27. The number of nitrogens with one attached hydrogen (secondary N) is 2. The first-order chi connectivity index (χ1) is 10.8. The predicted octanol–water partition coefficient (Wildman–Crippen LogP) is 4.77. The highest BCUT2D eigenvalue weighted by Gasteiger charge is 2.41. The second kappa shape index (κ2) is 6.02. The Morgan fingerprint density at radius 1 is 1.22 bits per heavy atom. The van der Waals surface area contributed by atoms with Crippen molar-refractivity contribution in [2.75, 3.05) is 10.6 Å². The van der Waals surface area contributed by atoms with Gasteiger partial charge in [0, 0.05) is 11.7 Å². The minimum atomic E-state index is -0.644. The molecule has 0 heterocycles. The van der Waals surface area contributed by atoms with E-state index < -0.39 is 17.5 Å². The van der Waals surface area contributed by atoms with Crippen LogP contribution in [0.25, 0.3) is 0 Å². The summed E-state index contributed by atoms with van der Waals surface area (Å²) < 4.78 is 19.1. The lowest BCUT2D eigenvalue weighted by Gasteiger charge is -2.21. The average molecular weight is 320 g/mol. The van der Waals surface area contributed by atoms with Gasteiger partial charge in [0.15, 0.2) is 0 Å². The highest BCUT2D eigenvalue weighted by Crippen LogP contribution is 2.46. The Morgan fingerprint density at radius 3 is 2.35 bits per heavy atom. The Bertz CT molecular complexity index is 577. The van der Waals surface area contributed by atoms with E-state index in [4.69, 9.17) is 4.74 Å². The normalized spacial score (nSPS) is 18.0. The lowest BCUT2D eigenvalue weighted by molar-refractivity contribution is 0.0635. The second-order valence-corrected chi connectivity index (χ2v) is 7.67. The van der Waals surface area contributed by atoms with Crippen LogP contribution in [0.1, 0.15) is 46.5 Å². The Kier molecular flexibility index (Phi) is 4.21. The molecule has 2 N–H and O–H groups in total. The summed E-state index contributed by atoms with van der Waals surface area (Å²) in [6, 6.07) is 5.24. The number of anilines is 2. The van der Waals surface area contributed by atoms with Gasteiger partial charge in [0.25, 0.3) is 0 Å². The summed E-state index contributed by atoms with van der Waals surface area (Å²) >= 11 is 0. The first-order valence-corrected chi connectivity index (χ1v) is 8.38. The maximum Gasteiger partial charge on any atom is 0.412 e. The molecular formula is C18H25FN2O2. The molecule has 4 nitrogen and oxygen atoms in total. The SMILES string of the molecule is CC(C)(C)OC(=O)Nc1cc(NC(C2CC2)C2CC2)ccc1F. The first kappa shape index (κ1) is 16.1. The number of rotatable bonds is 5. The van der Waals surface area contributed by atoms with Gasteiger partial charge in [-0.2, -0.15) is 0 Å². The molecule has 0 aromatic heterocycles. The molecule has 0 unspecified atom stereocenters. The zero-order valence-electron chi connectivity index (χ0n) is 14.0. The third kappa shape index (κ3) is 4.60. The lowest BCUT2D eigenvalue weighted by atomic mass is 10.1. The fourth-order valence-electron chi connectivity index (χ4n) is 2.85. The van der Waals surface area contributed by atoms with Gasteiger partial charge in [0.1, 0.15) is 11.4 Å². The summed E-state index contributed by atoms with van der Waals surface area (Å²) in [7, 11) is 0. The Labute approximate surface area is 136 Å². The van der Waals surface area contributed by atoms with Crippen molar-refractivity contribution in [2.24, 2.45) is 11.8 Å². The van der Waals surface area contributed by atoms with E-state index in [-0.39, 0.29) is 5.69 Å². The van der Waals surface area contributed by atoms with E-state index >= 15 is 0 Å². The smallest absolute Gasteiger partial charge is 0.412 e. The number of carbonyl (C=O) groups excluding carboxylic acids is 1. The molecular weight excluding hydrogens is 295 g/mol. The molecule has 0 spiro atoms. The fourth-order valence-corrected chi connectivity index (χ4v) is 2.85. The van der Waals surface area contributed by atoms with E-state index in [2.05, 4.69) is 10.6 Å². The second-order valence-electron chi connectivity index (χ2n) is 7.67. The molecule has 0 bridgehead atoms. The molecule has 3 rings (SSSR count). The van der Waals surface area contributed by atoms with Crippen LogP contribution in [0.2, 0.25) is 0 Å². The molecule has 1 amide bonds. The molecule has 1 aromatic rings. The van der Waals surface area contributed by atoms with Gasteiger partial charge in [0.2, 0.25) is 0 Å². The Hall–Kier alpha value is -1.78. The van der Waals surface area contributed by atoms with Crippen LogP contribution >= 0.6 is 0 Å². The number of hydrogen-bond acceptors (Lipinski definition) is 3. The van der Waals surface area contributed by atoms with E-state index in [9.17, 15) is 9.18 Å². The number of amides is 1. The fraction of sp³-hybridized carbons (Fsp3) is 0.611. The summed E-state index contributed by atoms with van der Waals surface area (Å²) in [6.07, 6.45) is 4.46. The number of benzene rings is 1. The van der Waals surface area contributed by atoms with Gasteiger partial charge < -0.3 is 10.1 Å². The summed E-state index contributed by atoms with van der Waals surface area (Å²) in [5.41, 5.74) is 0.385. The quantitative estimate of drug-likeness (QED) is 0.821. The van der Waals surface area contributed by atoms with Crippen molar-refractivity contribution >= 4 is 17.5 Å². The highest BCUT2D eigenvalue weighted by molar-refractivity contribution is 5.85. The molecule has 0 saturated heterocycles. The average Bonchev–Trinajstić information content (AvgIpc) is 3.31. The maximum atomic E-state index is 13.9. The van der Waals surface area contributed by atoms with Crippen LogP contribution in [0, 0.1) is 17.7 Å². The molecule has 0 aliphatic heterocycles. The molecule has 2 saturated carbocycles. The molecule has 1 aromatic carbocycles. The van der Waals surface area contributed by atoms with Gasteiger partial charge in [0.05, 0.1) is 5.69 Å². The van der Waals surface area contributed by atoms with Gasteiger partial charge in [-0.3, -0.25) is 5.32 Å². The first-order valence-electron chi connectivity index (χ1n) is 8.38. The van der Waals surface area contributed by atoms with E-state index in [1.807, 2.05) is 0 Å². The van der Waals surface area contributed by atoms with Crippen molar-refractivity contribution in [1.29, 1.82) is 0 Å². The van der Waals surface area contributed by atoms with E-state index in [0.29, 0.717) is 6.04 Å². The molecule has 2 aliphatic rings. The van der Waals surface area contributed by atoms with Crippen molar-refractivity contribution in [2.45, 2.75) is 58.1 Å². The summed E-state index contributed by atoms with van der Waals surface area (Å²) in [5.74, 6) is 1.03. The summed E-state index contributed by atoms with van der Waals surface area (Å²) in [4.78, 5) is 11.8. The van der Waals surface area contributed by atoms with Crippen molar-refractivity contribution in [3.8, 4) is 0 Å². The van der Waals surface area contributed by atoms with Gasteiger partial charge in [-0.1, -0.05) is 0 Å². The van der Waals surface area contributed by atoms with Crippen molar-refractivity contribution < 1.29 is 13.9 Å². The zero-order valence-corrected chi connectivity index (χ0v) is 14.0. The topological polar surface area (TPSA) is 50.4 Å². The highest BCUT2D eigenvalue weighted by atomic mass is 19.1. The molecule has 0 radical (unpaired) electrons. The zero-order chi connectivity index (χ0) is 16.6. The molecule has 2 fully saturated rings. The Balaban J connectivity index is 1.67. The summed E-state index contributed by atoms with van der Waals surface area (Å²) in [6.45, 7) is 5.32. The molecule has 5 heteroatoms. The van der Waals surface area contributed by atoms with Crippen molar-refractivity contribution in [3.05, 3.63) is 24.0 Å². The maximum absolute atomic E-state index is 13.9. The third-order valence-electron chi connectivity index (χ3n) is 4.20. The van der Waals surface area contributed by atoms with Crippen LogP contribution in [0.15, 0.2) is 18.2 Å². The minimum absolute atomic E-state index is 0.148. The van der Waals surface area contributed by atoms with Crippen LogP contribution in [-0.2, 0) is 4.74 Å². The van der Waals surface area contributed by atoms with Crippen molar-refractivity contribution in [1.82, 2.24) is 0 Å². The predicted molar refractivity (Wildman–Crippen MR) is 89.1 cm³/mol. The molecule has 23 heavy (non-hydrogen) atoms. The number of halogens is 1. The third-order valence-corrected chi connectivity index (χ3v) is 4.20. The van der Waals surface area contributed by atoms with Crippen LogP contribution in [0.5, 0.6) is 0 Å². The molecule has 0 atom stereocenters. The molecule has 126 valence electrons. The van der Waals surface area contributed by atoms with E-state index in [1.54, 1.807) is 32.9 Å². The Morgan fingerprint density at radius 2 is 1.83 bits per heavy atom. The number of ether oxygens (including phenoxy) is 1. The van der Waals surface area contributed by atoms with Gasteiger partial charge in [-0.05, 0) is 76.5 Å². The van der Waals surface area contributed by atoms with Crippen LogP contribution in [0.3, 0.4) is 0 Å². The number of carbonyl (C=O) groups is 1. The van der Waals surface area contributed by atoms with E-state index in [1.165, 1.54) is 31.7 Å². The van der Waals surface area contributed by atoms with Crippen LogP contribution < -0.4 is 10.6 Å². The van der Waals surface area contributed by atoms with Gasteiger partial charge >= 0.3 is 6.09 Å². The van der Waals surface area contributed by atoms with Gasteiger partial charge in [-0.15, -0.1) is 0 Å². The van der Waals surface area contributed by atoms with Crippen LogP contribution in [-0.4, -0.2) is 17.7 Å². The van der Waals surface area contributed by atoms with E-state index in [0.717, 1.165) is 17.5 Å². The largest absolute Gasteiger partial charge is 0.444 e. The van der Waals surface area contributed by atoms with Crippen LogP contribution in [0.4, 0.5) is 20.6 Å². The standard InChI is InChI=1S/C18H25FN2O2/c1-18(2,3)23-17(22)21-15-10-13(8-9-14(15)19)20-16(11-4-5-11)12-6-7-12/h8-12,16,20H,4-7H2,1-3H3,(H,21,22). The monoisotopic (exact) mass is 320 g/mol. The molecule has 2 aliphatic carbocycles. The van der Waals surface area contributed by atoms with Crippen molar-refractivity contribution in [3.63, 3.8) is 0 Å². The van der Waals surface area contributed by atoms with Gasteiger partial charge in [-0.25, -0.2) is 9.18 Å².